The minimum atomic E-state index is -1.25. The van der Waals surface area contributed by atoms with Crippen LogP contribution in [0.4, 0.5) is 0 Å². The van der Waals surface area contributed by atoms with E-state index in [1.807, 2.05) is 0 Å². The molecule has 5 heteroatoms. The van der Waals surface area contributed by atoms with Crippen molar-refractivity contribution in [1.29, 1.82) is 0 Å². The summed E-state index contributed by atoms with van der Waals surface area (Å²) in [6.45, 7) is 0.0889. The molecule has 1 N–H and O–H groups in total. The highest BCUT2D eigenvalue weighted by atomic mass is 16.6. The van der Waals surface area contributed by atoms with Gasteiger partial charge >= 0.3 is 5.97 Å². The molecule has 0 saturated carbocycles. The first-order chi connectivity index (χ1) is 7.69. The summed E-state index contributed by atoms with van der Waals surface area (Å²) in [5, 5.41) is 9.64. The Hall–Kier alpha value is -1.75. The average molecular weight is 224 g/mol. The van der Waals surface area contributed by atoms with Crippen LogP contribution >= 0.6 is 0 Å². The molecule has 1 atom stereocenters. The van der Waals surface area contributed by atoms with E-state index in [0.29, 0.717) is 22.6 Å². The first kappa shape index (κ1) is 10.8. The van der Waals surface area contributed by atoms with Gasteiger partial charge < -0.3 is 19.3 Å². The van der Waals surface area contributed by atoms with Gasteiger partial charge in [0.2, 0.25) is 0 Å². The van der Waals surface area contributed by atoms with Gasteiger partial charge in [-0.2, -0.15) is 0 Å². The number of carbonyl (C=O) groups is 1. The van der Waals surface area contributed by atoms with Crippen LogP contribution in [0.3, 0.4) is 0 Å². The number of methoxy groups -OCH3 is 2. The van der Waals surface area contributed by atoms with Crippen LogP contribution < -0.4 is 9.47 Å². The lowest BCUT2D eigenvalue weighted by Gasteiger charge is -2.23. The van der Waals surface area contributed by atoms with Gasteiger partial charge in [-0.05, 0) is 6.07 Å². The number of benzene rings is 1. The van der Waals surface area contributed by atoms with Crippen LogP contribution in [0.2, 0.25) is 0 Å². The van der Waals surface area contributed by atoms with Crippen molar-refractivity contribution in [2.24, 2.45) is 0 Å². The molecule has 16 heavy (non-hydrogen) atoms. The van der Waals surface area contributed by atoms with Crippen LogP contribution in [0, 0.1) is 0 Å². The number of cyclic esters (lactones) is 1. The highest BCUT2D eigenvalue weighted by Crippen LogP contribution is 2.38. The Morgan fingerprint density at radius 1 is 1.38 bits per heavy atom. The van der Waals surface area contributed by atoms with Gasteiger partial charge in [-0.15, -0.1) is 0 Å². The van der Waals surface area contributed by atoms with Gasteiger partial charge in [-0.25, -0.2) is 4.79 Å². The molecule has 0 aromatic heterocycles. The maximum atomic E-state index is 11.2. The van der Waals surface area contributed by atoms with E-state index < -0.39 is 12.1 Å². The summed E-state index contributed by atoms with van der Waals surface area (Å²) < 4.78 is 15.1. The molecule has 0 bridgehead atoms. The van der Waals surface area contributed by atoms with Crippen molar-refractivity contribution in [3.63, 3.8) is 0 Å². The lowest BCUT2D eigenvalue weighted by atomic mass is 9.99. The lowest BCUT2D eigenvalue weighted by Crippen LogP contribution is -2.23. The van der Waals surface area contributed by atoms with Crippen molar-refractivity contribution in [3.05, 3.63) is 23.3 Å². The molecule has 0 spiro atoms. The van der Waals surface area contributed by atoms with E-state index in [9.17, 15) is 9.90 Å². The molecule has 1 unspecified atom stereocenters. The Labute approximate surface area is 92.5 Å². The van der Waals surface area contributed by atoms with Crippen LogP contribution in [0.1, 0.15) is 17.2 Å². The summed E-state index contributed by atoms with van der Waals surface area (Å²) in [5.41, 5.74) is 1.16. The van der Waals surface area contributed by atoms with Crippen LogP contribution in [0.25, 0.3) is 0 Å². The molecule has 0 radical (unpaired) electrons. The van der Waals surface area contributed by atoms with Gasteiger partial charge in [0.05, 0.1) is 14.2 Å². The molecule has 1 aliphatic rings. The fraction of sp³-hybridized carbons (Fsp3) is 0.364. The number of aliphatic hydroxyl groups is 1. The zero-order chi connectivity index (χ0) is 11.7. The number of hydrogen-bond donors (Lipinski definition) is 1. The zero-order valence-corrected chi connectivity index (χ0v) is 9.02. The summed E-state index contributed by atoms with van der Waals surface area (Å²) >= 11 is 0. The number of hydrogen-bond acceptors (Lipinski definition) is 5. The van der Waals surface area contributed by atoms with Gasteiger partial charge in [0.15, 0.2) is 17.6 Å². The highest BCUT2D eigenvalue weighted by Gasteiger charge is 2.30. The minimum absolute atomic E-state index is 0.0889. The van der Waals surface area contributed by atoms with E-state index in [2.05, 4.69) is 0 Å². The van der Waals surface area contributed by atoms with Gasteiger partial charge in [-0.1, -0.05) is 6.07 Å². The Bertz CT molecular complexity index is 427. The van der Waals surface area contributed by atoms with Crippen LogP contribution in [0.5, 0.6) is 11.5 Å². The SMILES string of the molecule is COc1ccc2c(c1OC)COC(=O)C2O. The highest BCUT2D eigenvalue weighted by molar-refractivity contribution is 5.79. The minimum Gasteiger partial charge on any atom is -0.493 e. The molecule has 1 aliphatic heterocycles. The molecule has 86 valence electrons. The van der Waals surface area contributed by atoms with E-state index in [0.717, 1.165) is 0 Å². The van der Waals surface area contributed by atoms with Crippen molar-refractivity contribution < 1.29 is 24.1 Å². The fourth-order valence-electron chi connectivity index (χ4n) is 1.76. The van der Waals surface area contributed by atoms with Crippen LogP contribution in [0.15, 0.2) is 12.1 Å². The van der Waals surface area contributed by atoms with E-state index in [1.54, 1.807) is 12.1 Å². The number of aliphatic hydroxyl groups excluding tert-OH is 1. The molecule has 1 aromatic carbocycles. The smallest absolute Gasteiger partial charge is 0.340 e. The fourth-order valence-corrected chi connectivity index (χ4v) is 1.76. The standard InChI is InChI=1S/C11H12O5/c1-14-8-4-3-6-7(10(8)15-2)5-16-11(13)9(6)12/h3-4,9,12H,5H2,1-2H3. The van der Waals surface area contributed by atoms with E-state index in [1.165, 1.54) is 14.2 Å². The summed E-state index contributed by atoms with van der Waals surface area (Å²) in [4.78, 5) is 11.2. The van der Waals surface area contributed by atoms with Crippen molar-refractivity contribution in [3.8, 4) is 11.5 Å². The van der Waals surface area contributed by atoms with E-state index in [4.69, 9.17) is 14.2 Å². The van der Waals surface area contributed by atoms with Crippen molar-refractivity contribution in [2.75, 3.05) is 14.2 Å². The third-order valence-corrected chi connectivity index (χ3v) is 2.56. The van der Waals surface area contributed by atoms with E-state index in [-0.39, 0.29) is 6.61 Å². The Balaban J connectivity index is 2.56. The lowest BCUT2D eigenvalue weighted by molar-refractivity contribution is -0.157. The Kier molecular flexibility index (Phi) is 2.70. The first-order valence-electron chi connectivity index (χ1n) is 4.77. The molecule has 0 aliphatic carbocycles. The van der Waals surface area contributed by atoms with Crippen molar-refractivity contribution in [1.82, 2.24) is 0 Å². The van der Waals surface area contributed by atoms with Crippen molar-refractivity contribution >= 4 is 5.97 Å². The summed E-state index contributed by atoms with van der Waals surface area (Å²) in [6.07, 6.45) is -1.25. The molecule has 0 fully saturated rings. The quantitative estimate of drug-likeness (QED) is 0.752. The summed E-state index contributed by atoms with van der Waals surface area (Å²) in [7, 11) is 3.02. The number of fused-ring (bicyclic) bond motifs is 1. The number of ether oxygens (including phenoxy) is 3. The maximum absolute atomic E-state index is 11.2. The topological polar surface area (TPSA) is 65.0 Å². The molecule has 2 rings (SSSR count). The number of esters is 1. The predicted molar refractivity (Wildman–Crippen MR) is 54.3 cm³/mol. The average Bonchev–Trinajstić information content (AvgIpc) is 2.32. The van der Waals surface area contributed by atoms with Crippen LogP contribution in [-0.4, -0.2) is 25.3 Å². The van der Waals surface area contributed by atoms with Gasteiger partial charge in [0, 0.05) is 11.1 Å². The number of rotatable bonds is 2. The normalized spacial score (nSPS) is 18.7. The zero-order valence-electron chi connectivity index (χ0n) is 9.02. The molecule has 0 amide bonds. The second kappa shape index (κ2) is 4.02. The summed E-state index contributed by atoms with van der Waals surface area (Å²) in [5.74, 6) is 0.401. The van der Waals surface area contributed by atoms with Gasteiger partial charge in [0.25, 0.3) is 0 Å². The largest absolute Gasteiger partial charge is 0.493 e. The van der Waals surface area contributed by atoms with Crippen LogP contribution in [-0.2, 0) is 16.1 Å². The molecular weight excluding hydrogens is 212 g/mol. The first-order valence-corrected chi connectivity index (χ1v) is 4.77. The third kappa shape index (κ3) is 1.49. The second-order valence-corrected chi connectivity index (χ2v) is 3.38. The maximum Gasteiger partial charge on any atom is 0.340 e. The molecule has 1 heterocycles. The number of carbonyl (C=O) groups excluding carboxylic acids is 1. The molecule has 0 saturated heterocycles. The van der Waals surface area contributed by atoms with Crippen molar-refractivity contribution in [2.45, 2.75) is 12.7 Å². The van der Waals surface area contributed by atoms with Gasteiger partial charge in [-0.3, -0.25) is 0 Å². The summed E-state index contributed by atoms with van der Waals surface area (Å²) in [6, 6.07) is 3.29. The van der Waals surface area contributed by atoms with Gasteiger partial charge in [0.1, 0.15) is 6.61 Å². The molecule has 5 nitrogen and oxygen atoms in total. The van der Waals surface area contributed by atoms with E-state index >= 15 is 0 Å². The third-order valence-electron chi connectivity index (χ3n) is 2.56. The predicted octanol–water partition coefficient (Wildman–Crippen LogP) is 0.794. The molecule has 1 aromatic rings. The molecular formula is C11H12O5. The Morgan fingerprint density at radius 3 is 2.75 bits per heavy atom. The second-order valence-electron chi connectivity index (χ2n) is 3.38. The monoisotopic (exact) mass is 224 g/mol. The Morgan fingerprint density at radius 2 is 2.12 bits per heavy atom.